The number of hydrogen-bond donors (Lipinski definition) is 2. The summed E-state index contributed by atoms with van der Waals surface area (Å²) < 4.78 is 9.98. The fourth-order valence-corrected chi connectivity index (χ4v) is 1.62. The van der Waals surface area contributed by atoms with Crippen molar-refractivity contribution in [2.24, 2.45) is 0 Å². The van der Waals surface area contributed by atoms with Crippen LogP contribution in [-0.2, 0) is 16.1 Å². The van der Waals surface area contributed by atoms with Gasteiger partial charge < -0.3 is 20.1 Å². The standard InChI is InChI=1S/C14H23N3O3/c1-11(14(18)16-6-4-8-19-2)17-10-12-5-7-15-13(9-12)20-3/h5,7,9,11,17H,4,6,8,10H2,1-3H3,(H,16,18). The summed E-state index contributed by atoms with van der Waals surface area (Å²) in [5, 5.41) is 6.02. The number of carbonyl (C=O) groups is 1. The molecule has 0 aromatic carbocycles. The highest BCUT2D eigenvalue weighted by atomic mass is 16.5. The molecule has 1 heterocycles. The van der Waals surface area contributed by atoms with E-state index in [9.17, 15) is 4.79 Å². The first kappa shape index (κ1) is 16.4. The smallest absolute Gasteiger partial charge is 0.236 e. The minimum atomic E-state index is -0.253. The van der Waals surface area contributed by atoms with Crippen LogP contribution in [0, 0.1) is 0 Å². The minimum Gasteiger partial charge on any atom is -0.481 e. The number of ether oxygens (including phenoxy) is 2. The Balaban J connectivity index is 2.30. The van der Waals surface area contributed by atoms with Crippen molar-refractivity contribution < 1.29 is 14.3 Å². The molecule has 0 spiro atoms. The first-order valence-electron chi connectivity index (χ1n) is 6.66. The van der Waals surface area contributed by atoms with Gasteiger partial charge in [0.2, 0.25) is 11.8 Å². The average Bonchev–Trinajstić information content (AvgIpc) is 2.49. The van der Waals surface area contributed by atoms with Crippen molar-refractivity contribution in [3.8, 4) is 5.88 Å². The van der Waals surface area contributed by atoms with Crippen molar-refractivity contribution in [2.75, 3.05) is 27.4 Å². The van der Waals surface area contributed by atoms with Crippen molar-refractivity contribution in [2.45, 2.75) is 25.9 Å². The van der Waals surface area contributed by atoms with Crippen LogP contribution in [0.5, 0.6) is 5.88 Å². The molecule has 6 heteroatoms. The van der Waals surface area contributed by atoms with Gasteiger partial charge in [0.25, 0.3) is 0 Å². The summed E-state index contributed by atoms with van der Waals surface area (Å²) in [6.07, 6.45) is 2.50. The monoisotopic (exact) mass is 281 g/mol. The fraction of sp³-hybridized carbons (Fsp3) is 0.571. The molecule has 1 aromatic rings. The zero-order valence-corrected chi connectivity index (χ0v) is 12.3. The molecule has 2 N–H and O–H groups in total. The van der Waals surface area contributed by atoms with E-state index in [0.29, 0.717) is 25.6 Å². The maximum absolute atomic E-state index is 11.8. The maximum atomic E-state index is 11.8. The number of nitrogens with one attached hydrogen (secondary N) is 2. The van der Waals surface area contributed by atoms with Gasteiger partial charge in [0.15, 0.2) is 0 Å². The highest BCUT2D eigenvalue weighted by Crippen LogP contribution is 2.08. The zero-order valence-electron chi connectivity index (χ0n) is 12.3. The molecule has 0 radical (unpaired) electrons. The summed E-state index contributed by atoms with van der Waals surface area (Å²) in [7, 11) is 3.23. The predicted octanol–water partition coefficient (Wildman–Crippen LogP) is 0.721. The van der Waals surface area contributed by atoms with Gasteiger partial charge in [-0.2, -0.15) is 0 Å². The molecule has 1 rings (SSSR count). The highest BCUT2D eigenvalue weighted by molar-refractivity contribution is 5.81. The van der Waals surface area contributed by atoms with Crippen LogP contribution in [0.25, 0.3) is 0 Å². The Morgan fingerprint density at radius 2 is 2.25 bits per heavy atom. The van der Waals surface area contributed by atoms with Crippen LogP contribution in [0.1, 0.15) is 18.9 Å². The summed E-state index contributed by atoms with van der Waals surface area (Å²) in [6.45, 7) is 3.70. The molecule has 0 bridgehead atoms. The van der Waals surface area contributed by atoms with E-state index in [1.54, 1.807) is 20.4 Å². The lowest BCUT2D eigenvalue weighted by Gasteiger charge is -2.14. The maximum Gasteiger partial charge on any atom is 0.236 e. The third-order valence-corrected chi connectivity index (χ3v) is 2.84. The molecule has 0 saturated heterocycles. The number of hydrogen-bond acceptors (Lipinski definition) is 5. The van der Waals surface area contributed by atoms with E-state index >= 15 is 0 Å². The van der Waals surface area contributed by atoms with Gasteiger partial charge in [0.05, 0.1) is 13.2 Å². The molecular formula is C14H23N3O3. The lowest BCUT2D eigenvalue weighted by Crippen LogP contribution is -2.42. The molecule has 1 atom stereocenters. The molecule has 0 fully saturated rings. The second-order valence-corrected chi connectivity index (χ2v) is 4.45. The van der Waals surface area contributed by atoms with Crippen LogP contribution in [0.2, 0.25) is 0 Å². The Bertz CT molecular complexity index is 412. The summed E-state index contributed by atoms with van der Waals surface area (Å²) >= 11 is 0. The van der Waals surface area contributed by atoms with Crippen LogP contribution in [0.3, 0.4) is 0 Å². The predicted molar refractivity (Wildman–Crippen MR) is 76.6 cm³/mol. The third-order valence-electron chi connectivity index (χ3n) is 2.84. The van der Waals surface area contributed by atoms with E-state index in [-0.39, 0.29) is 11.9 Å². The second kappa shape index (κ2) is 9.28. The van der Waals surface area contributed by atoms with Crippen molar-refractivity contribution in [1.29, 1.82) is 0 Å². The van der Waals surface area contributed by atoms with Crippen molar-refractivity contribution in [3.63, 3.8) is 0 Å². The van der Waals surface area contributed by atoms with Crippen LogP contribution in [0.15, 0.2) is 18.3 Å². The summed E-state index contributed by atoms with van der Waals surface area (Å²) in [5.41, 5.74) is 1.02. The third kappa shape index (κ3) is 5.99. The molecule has 0 aliphatic heterocycles. The normalized spacial score (nSPS) is 11.9. The Kier molecular flexibility index (Phi) is 7.60. The van der Waals surface area contributed by atoms with Crippen LogP contribution in [-0.4, -0.2) is 44.3 Å². The van der Waals surface area contributed by atoms with Gasteiger partial charge in [-0.05, 0) is 25.0 Å². The van der Waals surface area contributed by atoms with Gasteiger partial charge in [-0.3, -0.25) is 4.79 Å². The molecule has 0 aliphatic carbocycles. The van der Waals surface area contributed by atoms with E-state index in [1.807, 2.05) is 19.1 Å². The van der Waals surface area contributed by atoms with Crippen LogP contribution >= 0.6 is 0 Å². The first-order chi connectivity index (χ1) is 9.67. The SMILES string of the molecule is COCCCNC(=O)C(C)NCc1ccnc(OC)c1. The van der Waals surface area contributed by atoms with Crippen molar-refractivity contribution in [3.05, 3.63) is 23.9 Å². The molecule has 6 nitrogen and oxygen atoms in total. The largest absolute Gasteiger partial charge is 0.481 e. The van der Waals surface area contributed by atoms with Crippen LogP contribution < -0.4 is 15.4 Å². The Morgan fingerprint density at radius 1 is 1.45 bits per heavy atom. The zero-order chi connectivity index (χ0) is 14.8. The molecule has 1 amide bonds. The Labute approximate surface area is 119 Å². The molecule has 20 heavy (non-hydrogen) atoms. The number of rotatable bonds is 9. The van der Waals surface area contributed by atoms with Gasteiger partial charge in [0.1, 0.15) is 0 Å². The molecule has 1 unspecified atom stereocenters. The van der Waals surface area contributed by atoms with Gasteiger partial charge >= 0.3 is 0 Å². The van der Waals surface area contributed by atoms with Crippen molar-refractivity contribution >= 4 is 5.91 Å². The van der Waals surface area contributed by atoms with Gasteiger partial charge in [0, 0.05) is 39.1 Å². The average molecular weight is 281 g/mol. The van der Waals surface area contributed by atoms with E-state index in [4.69, 9.17) is 9.47 Å². The summed E-state index contributed by atoms with van der Waals surface area (Å²) in [6, 6.07) is 3.48. The summed E-state index contributed by atoms with van der Waals surface area (Å²) in [5.74, 6) is 0.558. The first-order valence-corrected chi connectivity index (χ1v) is 6.66. The molecule has 0 saturated carbocycles. The minimum absolute atomic E-state index is 0.0119. The quantitative estimate of drug-likeness (QED) is 0.653. The number of nitrogens with zero attached hydrogens (tertiary/aromatic N) is 1. The number of aromatic nitrogens is 1. The lowest BCUT2D eigenvalue weighted by atomic mass is 10.2. The Morgan fingerprint density at radius 3 is 2.95 bits per heavy atom. The van der Waals surface area contributed by atoms with Crippen LogP contribution in [0.4, 0.5) is 0 Å². The van der Waals surface area contributed by atoms with Gasteiger partial charge in [-0.15, -0.1) is 0 Å². The van der Waals surface area contributed by atoms with Gasteiger partial charge in [-0.1, -0.05) is 0 Å². The topological polar surface area (TPSA) is 72.5 Å². The Hall–Kier alpha value is -1.66. The number of amides is 1. The van der Waals surface area contributed by atoms with E-state index in [0.717, 1.165) is 12.0 Å². The molecule has 0 aliphatic rings. The number of methoxy groups -OCH3 is 2. The number of carbonyl (C=O) groups excluding carboxylic acids is 1. The highest BCUT2D eigenvalue weighted by Gasteiger charge is 2.11. The summed E-state index contributed by atoms with van der Waals surface area (Å²) in [4.78, 5) is 15.8. The molecule has 1 aromatic heterocycles. The molecule has 112 valence electrons. The number of pyridine rings is 1. The van der Waals surface area contributed by atoms with Crippen molar-refractivity contribution in [1.82, 2.24) is 15.6 Å². The van der Waals surface area contributed by atoms with E-state index in [2.05, 4.69) is 15.6 Å². The van der Waals surface area contributed by atoms with E-state index in [1.165, 1.54) is 0 Å². The lowest BCUT2D eigenvalue weighted by molar-refractivity contribution is -0.122. The van der Waals surface area contributed by atoms with Gasteiger partial charge in [-0.25, -0.2) is 4.98 Å². The second-order valence-electron chi connectivity index (χ2n) is 4.45. The van der Waals surface area contributed by atoms with E-state index < -0.39 is 0 Å². The fourth-order valence-electron chi connectivity index (χ4n) is 1.62. The molecular weight excluding hydrogens is 258 g/mol.